The summed E-state index contributed by atoms with van der Waals surface area (Å²) in [6.07, 6.45) is 0. The van der Waals surface area contributed by atoms with Crippen molar-refractivity contribution in [3.63, 3.8) is 0 Å². The smallest absolute Gasteiger partial charge is 0.282 e. The summed E-state index contributed by atoms with van der Waals surface area (Å²) in [6.45, 7) is 7.78. The summed E-state index contributed by atoms with van der Waals surface area (Å²) in [5.74, 6) is 1.73. The first-order valence-electron chi connectivity index (χ1n) is 5.81. The standard InChI is InChI=1S/C16H16O2/c1-12-6-4-8-15(10-12)17-14(3)18-16-9-5-7-13(2)11-16/h4-11H,3H2,1-2H3. The Bertz CT molecular complexity index is 509. The molecular weight excluding hydrogens is 224 g/mol. The molecule has 2 aromatic carbocycles. The average molecular weight is 240 g/mol. The first-order valence-corrected chi connectivity index (χ1v) is 5.81. The van der Waals surface area contributed by atoms with Crippen molar-refractivity contribution in [1.82, 2.24) is 0 Å². The summed E-state index contributed by atoms with van der Waals surface area (Å²) >= 11 is 0. The largest absolute Gasteiger partial charge is 0.426 e. The first kappa shape index (κ1) is 12.2. The Kier molecular flexibility index (Phi) is 3.68. The van der Waals surface area contributed by atoms with Gasteiger partial charge in [-0.2, -0.15) is 0 Å². The SMILES string of the molecule is C=C(Oc1cccc(C)c1)Oc1cccc(C)c1. The van der Waals surface area contributed by atoms with Crippen LogP contribution < -0.4 is 9.47 Å². The molecule has 0 saturated carbocycles. The maximum absolute atomic E-state index is 5.52. The lowest BCUT2D eigenvalue weighted by Crippen LogP contribution is -2.02. The molecule has 0 amide bonds. The van der Waals surface area contributed by atoms with Crippen molar-refractivity contribution in [3.05, 3.63) is 72.2 Å². The number of benzene rings is 2. The van der Waals surface area contributed by atoms with Gasteiger partial charge in [-0.3, -0.25) is 0 Å². The van der Waals surface area contributed by atoms with Gasteiger partial charge in [-0.15, -0.1) is 0 Å². The summed E-state index contributed by atoms with van der Waals surface area (Å²) in [5, 5.41) is 0. The third-order valence-electron chi connectivity index (χ3n) is 2.44. The third-order valence-corrected chi connectivity index (χ3v) is 2.44. The zero-order valence-corrected chi connectivity index (χ0v) is 10.6. The molecular formula is C16H16O2. The summed E-state index contributed by atoms with van der Waals surface area (Å²) in [6, 6.07) is 15.5. The van der Waals surface area contributed by atoms with E-state index >= 15 is 0 Å². The Balaban J connectivity index is 2.01. The van der Waals surface area contributed by atoms with Gasteiger partial charge >= 0.3 is 0 Å². The quantitative estimate of drug-likeness (QED) is 0.744. The van der Waals surface area contributed by atoms with Crippen molar-refractivity contribution in [2.45, 2.75) is 13.8 Å². The highest BCUT2D eigenvalue weighted by Crippen LogP contribution is 2.19. The van der Waals surface area contributed by atoms with Crippen LogP contribution in [0.5, 0.6) is 11.5 Å². The van der Waals surface area contributed by atoms with E-state index in [1.807, 2.05) is 62.4 Å². The van der Waals surface area contributed by atoms with Crippen molar-refractivity contribution in [1.29, 1.82) is 0 Å². The molecule has 0 aliphatic rings. The van der Waals surface area contributed by atoms with E-state index in [2.05, 4.69) is 6.58 Å². The molecule has 0 heterocycles. The van der Waals surface area contributed by atoms with E-state index in [1.165, 1.54) is 0 Å². The molecule has 18 heavy (non-hydrogen) atoms. The van der Waals surface area contributed by atoms with E-state index in [0.717, 1.165) is 22.6 Å². The molecule has 0 bridgehead atoms. The van der Waals surface area contributed by atoms with E-state index in [4.69, 9.17) is 9.47 Å². The molecule has 0 atom stereocenters. The van der Waals surface area contributed by atoms with Crippen LogP contribution in [-0.2, 0) is 0 Å². The molecule has 0 spiro atoms. The van der Waals surface area contributed by atoms with Gasteiger partial charge in [0.15, 0.2) is 0 Å². The topological polar surface area (TPSA) is 18.5 Å². The maximum Gasteiger partial charge on any atom is 0.282 e. The molecule has 2 heteroatoms. The highest BCUT2D eigenvalue weighted by Gasteiger charge is 2.01. The minimum absolute atomic E-state index is 0.270. The van der Waals surface area contributed by atoms with E-state index < -0.39 is 0 Å². The van der Waals surface area contributed by atoms with Crippen molar-refractivity contribution < 1.29 is 9.47 Å². The highest BCUT2D eigenvalue weighted by atomic mass is 16.7. The van der Waals surface area contributed by atoms with E-state index in [0.29, 0.717) is 0 Å². The number of hydrogen-bond donors (Lipinski definition) is 0. The van der Waals surface area contributed by atoms with Crippen LogP contribution >= 0.6 is 0 Å². The Morgan fingerprint density at radius 3 is 1.67 bits per heavy atom. The fourth-order valence-electron chi connectivity index (χ4n) is 1.64. The number of aryl methyl sites for hydroxylation is 2. The van der Waals surface area contributed by atoms with Gasteiger partial charge in [0.1, 0.15) is 11.5 Å². The minimum Gasteiger partial charge on any atom is -0.426 e. The van der Waals surface area contributed by atoms with Gasteiger partial charge in [-0.05, 0) is 55.8 Å². The van der Waals surface area contributed by atoms with Gasteiger partial charge in [-0.1, -0.05) is 24.3 Å². The molecule has 2 rings (SSSR count). The van der Waals surface area contributed by atoms with Gasteiger partial charge in [0.05, 0.1) is 0 Å². The van der Waals surface area contributed by atoms with E-state index in [9.17, 15) is 0 Å². The maximum atomic E-state index is 5.52. The van der Waals surface area contributed by atoms with Gasteiger partial charge in [0.25, 0.3) is 5.95 Å². The fraction of sp³-hybridized carbons (Fsp3) is 0.125. The molecule has 2 aromatic rings. The van der Waals surface area contributed by atoms with Crippen molar-refractivity contribution in [2.24, 2.45) is 0 Å². The molecule has 0 aliphatic heterocycles. The van der Waals surface area contributed by atoms with Crippen molar-refractivity contribution in [3.8, 4) is 11.5 Å². The van der Waals surface area contributed by atoms with Crippen LogP contribution in [0.25, 0.3) is 0 Å². The Labute approximate surface area is 107 Å². The Morgan fingerprint density at radius 2 is 1.28 bits per heavy atom. The zero-order valence-electron chi connectivity index (χ0n) is 10.6. The summed E-state index contributed by atoms with van der Waals surface area (Å²) in [7, 11) is 0. The number of hydrogen-bond acceptors (Lipinski definition) is 2. The normalized spacial score (nSPS) is 9.89. The molecule has 0 N–H and O–H groups in total. The summed E-state index contributed by atoms with van der Waals surface area (Å²) in [5.41, 5.74) is 2.27. The lowest BCUT2D eigenvalue weighted by molar-refractivity contribution is 0.228. The minimum atomic E-state index is 0.270. The van der Waals surface area contributed by atoms with Gasteiger partial charge < -0.3 is 9.47 Å². The van der Waals surface area contributed by atoms with Crippen LogP contribution in [0.1, 0.15) is 11.1 Å². The molecule has 0 aliphatic carbocycles. The predicted octanol–water partition coefficient (Wildman–Crippen LogP) is 4.23. The van der Waals surface area contributed by atoms with Crippen LogP contribution in [0.2, 0.25) is 0 Å². The average Bonchev–Trinajstić information content (AvgIpc) is 2.28. The lowest BCUT2D eigenvalue weighted by Gasteiger charge is -2.10. The fourth-order valence-corrected chi connectivity index (χ4v) is 1.64. The second-order valence-electron chi connectivity index (χ2n) is 4.21. The zero-order chi connectivity index (χ0) is 13.0. The van der Waals surface area contributed by atoms with E-state index in [-0.39, 0.29) is 5.95 Å². The Hall–Kier alpha value is -2.22. The Morgan fingerprint density at radius 1 is 0.833 bits per heavy atom. The monoisotopic (exact) mass is 240 g/mol. The van der Waals surface area contributed by atoms with Crippen LogP contribution in [0, 0.1) is 13.8 Å². The van der Waals surface area contributed by atoms with Gasteiger partial charge in [0.2, 0.25) is 0 Å². The second-order valence-corrected chi connectivity index (χ2v) is 4.21. The predicted molar refractivity (Wildman–Crippen MR) is 72.8 cm³/mol. The molecule has 0 fully saturated rings. The molecule has 0 unspecified atom stereocenters. The molecule has 0 aromatic heterocycles. The van der Waals surface area contributed by atoms with Crippen molar-refractivity contribution >= 4 is 0 Å². The van der Waals surface area contributed by atoms with Crippen LogP contribution in [0.15, 0.2) is 61.1 Å². The highest BCUT2D eigenvalue weighted by molar-refractivity contribution is 5.30. The molecule has 0 saturated heterocycles. The summed E-state index contributed by atoms with van der Waals surface area (Å²) < 4.78 is 11.0. The number of ether oxygens (including phenoxy) is 2. The second kappa shape index (κ2) is 5.41. The van der Waals surface area contributed by atoms with Gasteiger partial charge in [-0.25, -0.2) is 0 Å². The van der Waals surface area contributed by atoms with Crippen LogP contribution in [-0.4, -0.2) is 0 Å². The molecule has 0 radical (unpaired) electrons. The lowest BCUT2D eigenvalue weighted by atomic mass is 10.2. The van der Waals surface area contributed by atoms with Gasteiger partial charge in [0, 0.05) is 0 Å². The number of rotatable bonds is 4. The van der Waals surface area contributed by atoms with E-state index in [1.54, 1.807) is 0 Å². The van der Waals surface area contributed by atoms with Crippen LogP contribution in [0.3, 0.4) is 0 Å². The molecule has 2 nitrogen and oxygen atoms in total. The summed E-state index contributed by atoms with van der Waals surface area (Å²) in [4.78, 5) is 0. The third kappa shape index (κ3) is 3.39. The van der Waals surface area contributed by atoms with Crippen LogP contribution in [0.4, 0.5) is 0 Å². The molecule has 92 valence electrons. The first-order chi connectivity index (χ1) is 8.63. The van der Waals surface area contributed by atoms with Crippen molar-refractivity contribution in [2.75, 3.05) is 0 Å².